The lowest BCUT2D eigenvalue weighted by molar-refractivity contribution is -0.141. The van der Waals surface area contributed by atoms with Crippen LogP contribution in [0.3, 0.4) is 0 Å². The highest BCUT2D eigenvalue weighted by Gasteiger charge is 2.14. The molecular weight excluding hydrogens is 326 g/mol. The van der Waals surface area contributed by atoms with Crippen molar-refractivity contribution < 1.29 is 14.3 Å². The summed E-state index contributed by atoms with van der Waals surface area (Å²) >= 11 is 0. The Hall–Kier alpha value is -1.08. The zero-order chi connectivity index (χ0) is 19.3. The van der Waals surface area contributed by atoms with Crippen molar-refractivity contribution in [1.82, 2.24) is 0 Å². The first-order valence-electron chi connectivity index (χ1n) is 10.8. The molecule has 0 aromatic heterocycles. The minimum atomic E-state index is -0.370. The average Bonchev–Trinajstić information content (AvgIpc) is 2.63. The van der Waals surface area contributed by atoms with E-state index < -0.39 is 0 Å². The Kier molecular flexibility index (Phi) is 19.4. The summed E-state index contributed by atoms with van der Waals surface area (Å²) in [5.41, 5.74) is 0. The fourth-order valence-corrected chi connectivity index (χ4v) is 2.95. The van der Waals surface area contributed by atoms with Crippen LogP contribution in [-0.4, -0.2) is 31.8 Å². The zero-order valence-electron chi connectivity index (χ0n) is 17.3. The molecular formula is C22H41NO3. The highest BCUT2D eigenvalue weighted by atomic mass is 16.5. The van der Waals surface area contributed by atoms with Gasteiger partial charge in [0.25, 0.3) is 6.04 Å². The maximum absolute atomic E-state index is 10.7. The summed E-state index contributed by atoms with van der Waals surface area (Å²) in [5, 5.41) is 0. The van der Waals surface area contributed by atoms with E-state index in [4.69, 9.17) is 16.0 Å². The van der Waals surface area contributed by atoms with E-state index >= 15 is 0 Å². The summed E-state index contributed by atoms with van der Waals surface area (Å²) in [6.07, 6.45) is 18.8. The molecule has 4 heteroatoms. The molecule has 0 bridgehead atoms. The first-order valence-corrected chi connectivity index (χ1v) is 10.8. The van der Waals surface area contributed by atoms with E-state index in [9.17, 15) is 4.79 Å². The molecule has 0 N–H and O–H groups in total. The van der Waals surface area contributed by atoms with Gasteiger partial charge in [-0.2, -0.15) is 0 Å². The maximum atomic E-state index is 10.7. The molecule has 0 aromatic rings. The maximum Gasteiger partial charge on any atom is 0.302 e. The Morgan fingerprint density at radius 1 is 0.808 bits per heavy atom. The lowest BCUT2D eigenvalue weighted by Gasteiger charge is -2.07. The molecule has 0 fully saturated rings. The summed E-state index contributed by atoms with van der Waals surface area (Å²) in [7, 11) is 0. The molecule has 26 heavy (non-hydrogen) atoms. The summed E-state index contributed by atoms with van der Waals surface area (Å²) < 4.78 is 10.4. The molecule has 4 nitrogen and oxygen atoms in total. The third-order valence-corrected chi connectivity index (χ3v) is 4.61. The Morgan fingerprint density at radius 2 is 1.27 bits per heavy atom. The molecule has 0 saturated carbocycles. The van der Waals surface area contributed by atoms with Crippen LogP contribution in [0.2, 0.25) is 0 Å². The monoisotopic (exact) mass is 367 g/mol. The minimum absolute atomic E-state index is 0.136. The molecule has 0 amide bonds. The van der Waals surface area contributed by atoms with Crippen molar-refractivity contribution in [3.05, 3.63) is 11.4 Å². The zero-order valence-corrected chi connectivity index (χ0v) is 17.3. The van der Waals surface area contributed by atoms with Crippen LogP contribution < -0.4 is 0 Å². The van der Waals surface area contributed by atoms with Gasteiger partial charge in [0.15, 0.2) is 6.61 Å². The Balaban J connectivity index is 3.19. The van der Waals surface area contributed by atoms with E-state index in [-0.39, 0.29) is 18.6 Å². The van der Waals surface area contributed by atoms with Crippen LogP contribution in [-0.2, 0) is 14.3 Å². The summed E-state index contributed by atoms with van der Waals surface area (Å²) in [5.74, 6) is -0.342. The van der Waals surface area contributed by atoms with Crippen molar-refractivity contribution >= 4 is 5.97 Å². The van der Waals surface area contributed by atoms with Gasteiger partial charge in [-0.3, -0.25) is 4.79 Å². The normalized spacial score (nSPS) is 11.9. The molecule has 0 rings (SSSR count). The Bertz CT molecular complexity index is 352. The summed E-state index contributed by atoms with van der Waals surface area (Å²) in [6.45, 7) is 11.9. The molecule has 0 radical (unpaired) electrons. The number of hydrogen-bond acceptors (Lipinski definition) is 3. The number of carbonyl (C=O) groups is 1. The van der Waals surface area contributed by atoms with Crippen LogP contribution >= 0.6 is 0 Å². The summed E-state index contributed by atoms with van der Waals surface area (Å²) in [4.78, 5) is 14.1. The number of rotatable bonds is 19. The predicted molar refractivity (Wildman–Crippen MR) is 108 cm³/mol. The summed E-state index contributed by atoms with van der Waals surface area (Å²) in [6, 6.07) is -0.370. The molecule has 0 aromatic carbocycles. The number of unbranched alkanes of at least 4 members (excludes halogenated alkanes) is 13. The molecule has 0 aliphatic heterocycles. The number of ether oxygens (including phenoxy) is 2. The van der Waals surface area contributed by atoms with Gasteiger partial charge in [0.1, 0.15) is 6.61 Å². The smallest absolute Gasteiger partial charge is 0.302 e. The predicted octanol–water partition coefficient (Wildman–Crippen LogP) is 6.34. The third kappa shape index (κ3) is 19.2. The fourth-order valence-electron chi connectivity index (χ4n) is 2.95. The van der Waals surface area contributed by atoms with Crippen LogP contribution in [0.1, 0.15) is 104 Å². The van der Waals surface area contributed by atoms with E-state index in [1.165, 1.54) is 90.4 Å². The highest BCUT2D eigenvalue weighted by Crippen LogP contribution is 2.13. The van der Waals surface area contributed by atoms with E-state index in [0.29, 0.717) is 13.2 Å². The first-order chi connectivity index (χ1) is 12.7. The van der Waals surface area contributed by atoms with Crippen molar-refractivity contribution in [3.8, 4) is 0 Å². The van der Waals surface area contributed by atoms with Gasteiger partial charge in [0.2, 0.25) is 0 Å². The second-order valence-corrected chi connectivity index (χ2v) is 7.26. The Morgan fingerprint density at radius 3 is 1.69 bits per heavy atom. The van der Waals surface area contributed by atoms with Crippen LogP contribution in [0.15, 0.2) is 0 Å². The van der Waals surface area contributed by atoms with Crippen LogP contribution in [0.5, 0.6) is 0 Å². The van der Waals surface area contributed by atoms with Crippen molar-refractivity contribution in [3.63, 3.8) is 0 Å². The molecule has 1 atom stereocenters. The molecule has 0 aliphatic rings. The standard InChI is InChI=1S/C22H41NO3/c1-4-5-6-7-8-9-10-11-12-13-14-15-16-17-18-25-19-22(23-3)20-26-21(2)24/h22H,4-20H2,1-2H3/t22-/m0/s1. The SMILES string of the molecule is [C-]#[N+][C@@H](COCCCCCCCCCCCCCCCC)COC(C)=O. The molecule has 0 saturated heterocycles. The number of hydrogen-bond donors (Lipinski definition) is 0. The lowest BCUT2D eigenvalue weighted by Crippen LogP contribution is -2.20. The molecule has 0 unspecified atom stereocenters. The molecule has 152 valence electrons. The van der Waals surface area contributed by atoms with Gasteiger partial charge < -0.3 is 14.3 Å². The van der Waals surface area contributed by atoms with Gasteiger partial charge in [-0.25, -0.2) is 6.57 Å². The second kappa shape index (κ2) is 20.2. The van der Waals surface area contributed by atoms with Gasteiger partial charge in [-0.15, -0.1) is 0 Å². The van der Waals surface area contributed by atoms with E-state index in [1.807, 2.05) is 0 Å². The number of esters is 1. The van der Waals surface area contributed by atoms with Crippen molar-refractivity contribution in [2.24, 2.45) is 0 Å². The van der Waals surface area contributed by atoms with Gasteiger partial charge in [0, 0.05) is 13.5 Å². The third-order valence-electron chi connectivity index (χ3n) is 4.61. The van der Waals surface area contributed by atoms with Gasteiger partial charge in [0.05, 0.1) is 0 Å². The molecule has 0 spiro atoms. The average molecular weight is 368 g/mol. The molecule has 0 heterocycles. The van der Waals surface area contributed by atoms with E-state index in [1.54, 1.807) is 0 Å². The number of nitrogens with zero attached hydrogens (tertiary/aromatic N) is 1. The quantitative estimate of drug-likeness (QED) is 0.152. The van der Waals surface area contributed by atoms with Crippen LogP contribution in [0.25, 0.3) is 4.85 Å². The van der Waals surface area contributed by atoms with E-state index in [2.05, 4.69) is 11.8 Å². The van der Waals surface area contributed by atoms with Gasteiger partial charge >= 0.3 is 5.97 Å². The van der Waals surface area contributed by atoms with Crippen molar-refractivity contribution in [2.75, 3.05) is 19.8 Å². The number of carbonyl (C=O) groups excluding carboxylic acids is 1. The van der Waals surface area contributed by atoms with Gasteiger partial charge in [-0.1, -0.05) is 90.4 Å². The van der Waals surface area contributed by atoms with Crippen LogP contribution in [0.4, 0.5) is 0 Å². The van der Waals surface area contributed by atoms with Gasteiger partial charge in [-0.05, 0) is 6.42 Å². The lowest BCUT2D eigenvalue weighted by atomic mass is 10.0. The van der Waals surface area contributed by atoms with Crippen molar-refractivity contribution in [1.29, 1.82) is 0 Å². The Labute approximate surface area is 161 Å². The molecule has 0 aliphatic carbocycles. The highest BCUT2D eigenvalue weighted by molar-refractivity contribution is 5.65. The topological polar surface area (TPSA) is 39.9 Å². The largest absolute Gasteiger partial charge is 0.457 e. The van der Waals surface area contributed by atoms with E-state index in [0.717, 1.165) is 6.42 Å². The van der Waals surface area contributed by atoms with Crippen LogP contribution in [0, 0.1) is 6.57 Å². The first kappa shape index (κ1) is 24.9. The fraction of sp³-hybridized carbons (Fsp3) is 0.909. The van der Waals surface area contributed by atoms with Crippen molar-refractivity contribution in [2.45, 2.75) is 110 Å². The minimum Gasteiger partial charge on any atom is -0.457 e. The second-order valence-electron chi connectivity index (χ2n) is 7.26.